The van der Waals surface area contributed by atoms with Gasteiger partial charge in [0.2, 0.25) is 5.91 Å². The number of fused-ring (bicyclic) bond motifs is 1. The number of benzene rings is 1. The summed E-state index contributed by atoms with van der Waals surface area (Å²) >= 11 is 0. The summed E-state index contributed by atoms with van der Waals surface area (Å²) in [5.74, 6) is 0.672. The lowest BCUT2D eigenvalue weighted by Gasteiger charge is -2.31. The Bertz CT molecular complexity index is 494. The molecule has 1 amide bonds. The normalized spacial score (nSPS) is 27.5. The van der Waals surface area contributed by atoms with Crippen molar-refractivity contribution in [3.8, 4) is 0 Å². The Kier molecular flexibility index (Phi) is 3.79. The lowest BCUT2D eigenvalue weighted by atomic mass is 9.93. The van der Waals surface area contributed by atoms with Crippen LogP contribution in [0.15, 0.2) is 24.3 Å². The molecule has 1 fully saturated rings. The van der Waals surface area contributed by atoms with Crippen molar-refractivity contribution in [3.63, 3.8) is 0 Å². The van der Waals surface area contributed by atoms with Crippen molar-refractivity contribution in [2.24, 2.45) is 0 Å². The fourth-order valence-corrected chi connectivity index (χ4v) is 3.83. The average Bonchev–Trinajstić information content (AvgIpc) is 2.96. The predicted octanol–water partition coefficient (Wildman–Crippen LogP) is 2.84. The third-order valence-corrected chi connectivity index (χ3v) is 4.89. The van der Waals surface area contributed by atoms with E-state index in [0.29, 0.717) is 12.0 Å². The zero-order valence-electron chi connectivity index (χ0n) is 12.4. The number of likely N-dealkylation sites (N-methyl/N-ethyl adjacent to an activating group) is 1. The minimum absolute atomic E-state index is 0.184. The SMILES string of the molecule is CNC1C(=O)N(C2CCCC2)CC(C)c2ccccc21. The molecule has 2 aliphatic rings. The van der Waals surface area contributed by atoms with Crippen LogP contribution in [0.3, 0.4) is 0 Å². The molecule has 1 aromatic rings. The Morgan fingerprint density at radius 2 is 1.80 bits per heavy atom. The Labute approximate surface area is 121 Å². The van der Waals surface area contributed by atoms with Gasteiger partial charge in [-0.2, -0.15) is 0 Å². The largest absolute Gasteiger partial charge is 0.337 e. The van der Waals surface area contributed by atoms with Gasteiger partial charge in [-0.15, -0.1) is 0 Å². The average molecular weight is 272 g/mol. The third-order valence-electron chi connectivity index (χ3n) is 4.89. The van der Waals surface area contributed by atoms with Crippen molar-refractivity contribution in [2.45, 2.75) is 50.6 Å². The Morgan fingerprint density at radius 1 is 1.15 bits per heavy atom. The van der Waals surface area contributed by atoms with Crippen molar-refractivity contribution < 1.29 is 4.79 Å². The zero-order valence-corrected chi connectivity index (χ0v) is 12.4. The van der Waals surface area contributed by atoms with E-state index in [9.17, 15) is 4.79 Å². The molecule has 1 N–H and O–H groups in total. The highest BCUT2D eigenvalue weighted by atomic mass is 16.2. The highest BCUT2D eigenvalue weighted by molar-refractivity contribution is 5.85. The molecule has 1 heterocycles. The number of nitrogens with one attached hydrogen (secondary N) is 1. The number of amides is 1. The molecule has 0 saturated heterocycles. The van der Waals surface area contributed by atoms with E-state index in [0.717, 1.165) is 12.1 Å². The predicted molar refractivity (Wildman–Crippen MR) is 80.6 cm³/mol. The van der Waals surface area contributed by atoms with Crippen molar-refractivity contribution in [1.29, 1.82) is 0 Å². The van der Waals surface area contributed by atoms with Crippen LogP contribution in [0.5, 0.6) is 0 Å². The molecule has 0 radical (unpaired) electrons. The van der Waals surface area contributed by atoms with Crippen LogP contribution < -0.4 is 5.32 Å². The van der Waals surface area contributed by atoms with Crippen LogP contribution in [0.1, 0.15) is 55.7 Å². The molecular weight excluding hydrogens is 248 g/mol. The van der Waals surface area contributed by atoms with Gasteiger partial charge < -0.3 is 10.2 Å². The van der Waals surface area contributed by atoms with Crippen molar-refractivity contribution >= 4 is 5.91 Å². The number of hydrogen-bond donors (Lipinski definition) is 1. The molecule has 3 rings (SSSR count). The maximum atomic E-state index is 12.9. The maximum Gasteiger partial charge on any atom is 0.244 e. The quantitative estimate of drug-likeness (QED) is 0.898. The summed E-state index contributed by atoms with van der Waals surface area (Å²) in [5.41, 5.74) is 2.48. The minimum atomic E-state index is -0.184. The van der Waals surface area contributed by atoms with Crippen molar-refractivity contribution in [2.75, 3.05) is 13.6 Å². The first-order valence-electron chi connectivity index (χ1n) is 7.79. The Balaban J connectivity index is 1.98. The monoisotopic (exact) mass is 272 g/mol. The number of nitrogens with zero attached hydrogens (tertiary/aromatic N) is 1. The minimum Gasteiger partial charge on any atom is -0.337 e. The van der Waals surface area contributed by atoms with E-state index >= 15 is 0 Å². The molecule has 3 nitrogen and oxygen atoms in total. The maximum absolute atomic E-state index is 12.9. The molecule has 0 aromatic heterocycles. The van der Waals surface area contributed by atoms with E-state index in [1.807, 2.05) is 13.1 Å². The summed E-state index contributed by atoms with van der Waals surface area (Å²) in [4.78, 5) is 15.1. The van der Waals surface area contributed by atoms with E-state index in [1.54, 1.807) is 0 Å². The van der Waals surface area contributed by atoms with Gasteiger partial charge in [0.1, 0.15) is 6.04 Å². The highest BCUT2D eigenvalue weighted by Gasteiger charge is 2.36. The van der Waals surface area contributed by atoms with Crippen LogP contribution in [-0.2, 0) is 4.79 Å². The first kappa shape index (κ1) is 13.6. The molecule has 1 aliphatic heterocycles. The van der Waals surface area contributed by atoms with Gasteiger partial charge in [-0.3, -0.25) is 4.79 Å². The van der Waals surface area contributed by atoms with Crippen molar-refractivity contribution in [1.82, 2.24) is 10.2 Å². The first-order chi connectivity index (χ1) is 9.72. The summed E-state index contributed by atoms with van der Waals surface area (Å²) in [6, 6.07) is 8.66. The number of hydrogen-bond acceptors (Lipinski definition) is 2. The molecule has 3 heteroatoms. The second-order valence-electron chi connectivity index (χ2n) is 6.18. The second-order valence-corrected chi connectivity index (χ2v) is 6.18. The van der Waals surface area contributed by atoms with Crippen LogP contribution in [-0.4, -0.2) is 30.4 Å². The molecule has 2 unspecified atom stereocenters. The number of carbonyl (C=O) groups excluding carboxylic acids is 1. The van der Waals surface area contributed by atoms with Crippen LogP contribution >= 0.6 is 0 Å². The smallest absolute Gasteiger partial charge is 0.244 e. The fraction of sp³-hybridized carbons (Fsp3) is 0.588. The fourth-order valence-electron chi connectivity index (χ4n) is 3.83. The van der Waals surface area contributed by atoms with Gasteiger partial charge in [0.05, 0.1) is 0 Å². The molecule has 0 bridgehead atoms. The van der Waals surface area contributed by atoms with E-state index in [2.05, 4.69) is 35.3 Å². The van der Waals surface area contributed by atoms with Crippen LogP contribution in [0.4, 0.5) is 0 Å². The van der Waals surface area contributed by atoms with Gasteiger partial charge in [-0.25, -0.2) is 0 Å². The van der Waals surface area contributed by atoms with Crippen molar-refractivity contribution in [3.05, 3.63) is 35.4 Å². The molecular formula is C17H24N2O. The van der Waals surface area contributed by atoms with Crippen LogP contribution in [0.2, 0.25) is 0 Å². The topological polar surface area (TPSA) is 32.3 Å². The second kappa shape index (κ2) is 5.57. The van der Waals surface area contributed by atoms with E-state index < -0.39 is 0 Å². The molecule has 1 aliphatic carbocycles. The third kappa shape index (κ3) is 2.24. The molecule has 108 valence electrons. The van der Waals surface area contributed by atoms with E-state index in [4.69, 9.17) is 0 Å². The Morgan fingerprint density at radius 3 is 2.45 bits per heavy atom. The van der Waals surface area contributed by atoms with Gasteiger partial charge in [0, 0.05) is 12.6 Å². The molecule has 1 aromatic carbocycles. The number of carbonyl (C=O) groups is 1. The lowest BCUT2D eigenvalue weighted by molar-refractivity contribution is -0.135. The van der Waals surface area contributed by atoms with Gasteiger partial charge in [0.15, 0.2) is 0 Å². The molecule has 1 saturated carbocycles. The summed E-state index contributed by atoms with van der Waals surface area (Å²) < 4.78 is 0. The standard InChI is InChI=1S/C17H24N2O/c1-12-11-19(13-7-3-4-8-13)17(20)16(18-2)15-10-6-5-9-14(12)15/h5-6,9-10,12-13,16,18H,3-4,7-8,11H2,1-2H3. The van der Waals surface area contributed by atoms with E-state index in [-0.39, 0.29) is 11.9 Å². The van der Waals surface area contributed by atoms with Gasteiger partial charge in [-0.05, 0) is 36.9 Å². The summed E-state index contributed by atoms with van der Waals surface area (Å²) in [5, 5.41) is 3.23. The Hall–Kier alpha value is -1.35. The molecule has 0 spiro atoms. The molecule has 2 atom stereocenters. The highest BCUT2D eigenvalue weighted by Crippen LogP contribution is 2.34. The first-order valence-corrected chi connectivity index (χ1v) is 7.79. The van der Waals surface area contributed by atoms with E-state index in [1.165, 1.54) is 31.2 Å². The zero-order chi connectivity index (χ0) is 14.1. The lowest BCUT2D eigenvalue weighted by Crippen LogP contribution is -2.44. The van der Waals surface area contributed by atoms with Gasteiger partial charge >= 0.3 is 0 Å². The summed E-state index contributed by atoms with van der Waals surface area (Å²) in [6.07, 6.45) is 4.87. The number of rotatable bonds is 2. The van der Waals surface area contributed by atoms with Gasteiger partial charge in [0.25, 0.3) is 0 Å². The van der Waals surface area contributed by atoms with Crippen LogP contribution in [0.25, 0.3) is 0 Å². The summed E-state index contributed by atoms with van der Waals surface area (Å²) in [7, 11) is 1.89. The van der Waals surface area contributed by atoms with Crippen LogP contribution in [0, 0.1) is 0 Å². The molecule has 20 heavy (non-hydrogen) atoms. The summed E-state index contributed by atoms with van der Waals surface area (Å²) in [6.45, 7) is 3.10. The van der Waals surface area contributed by atoms with Gasteiger partial charge in [-0.1, -0.05) is 44.0 Å².